The third kappa shape index (κ3) is 38.6. The van der Waals surface area contributed by atoms with Gasteiger partial charge in [-0.3, -0.25) is 0 Å². The van der Waals surface area contributed by atoms with Crippen LogP contribution in [0.5, 0.6) is 0 Å². The van der Waals surface area contributed by atoms with Gasteiger partial charge in [0.1, 0.15) is 0 Å². The van der Waals surface area contributed by atoms with E-state index in [-0.39, 0.29) is 154 Å². The van der Waals surface area contributed by atoms with E-state index in [1.807, 2.05) is 0 Å². The first kappa shape index (κ1) is 25.9. The Morgan fingerprint density at radius 3 is 1.62 bits per heavy atom. The van der Waals surface area contributed by atoms with Gasteiger partial charge in [-0.15, -0.1) is 0 Å². The SMILES string of the molecule is O=P([O-])([O-])[O-].[K+].[K+].[K+].c1c[nH]cn1. The molecule has 0 unspecified atom stereocenters. The summed E-state index contributed by atoms with van der Waals surface area (Å²) in [6, 6.07) is 0. The summed E-state index contributed by atoms with van der Waals surface area (Å²) in [4.78, 5) is 32.1. The first-order valence-corrected chi connectivity index (χ1v) is 3.62. The molecular weight excluding hydrogens is 276 g/mol. The van der Waals surface area contributed by atoms with Crippen LogP contribution in [0.15, 0.2) is 18.7 Å². The Morgan fingerprint density at radius 2 is 1.54 bits per heavy atom. The summed E-state index contributed by atoms with van der Waals surface area (Å²) < 4.78 is 8.55. The minimum absolute atomic E-state index is 0. The van der Waals surface area contributed by atoms with Crippen LogP contribution in [-0.4, -0.2) is 9.97 Å². The quantitative estimate of drug-likeness (QED) is 0.374. The van der Waals surface area contributed by atoms with E-state index in [1.165, 1.54) is 0 Å². The van der Waals surface area contributed by atoms with Gasteiger partial charge in [0, 0.05) is 12.4 Å². The van der Waals surface area contributed by atoms with Gasteiger partial charge in [0.15, 0.2) is 0 Å². The maximum Gasteiger partial charge on any atom is 1.00 e. The van der Waals surface area contributed by atoms with Crippen molar-refractivity contribution in [1.82, 2.24) is 9.97 Å². The molecule has 0 atom stereocenters. The van der Waals surface area contributed by atoms with Gasteiger partial charge in [-0.2, -0.15) is 7.82 Å². The van der Waals surface area contributed by atoms with E-state index in [2.05, 4.69) is 9.97 Å². The van der Waals surface area contributed by atoms with E-state index in [9.17, 15) is 0 Å². The summed E-state index contributed by atoms with van der Waals surface area (Å²) in [6.45, 7) is 0. The molecule has 0 radical (unpaired) electrons. The van der Waals surface area contributed by atoms with Gasteiger partial charge < -0.3 is 24.2 Å². The zero-order valence-electron chi connectivity index (χ0n) is 7.76. The predicted octanol–water partition coefficient (Wildman–Crippen LogP) is -11.4. The average Bonchev–Trinajstić information content (AvgIpc) is 2.07. The molecule has 0 amide bonds. The van der Waals surface area contributed by atoms with Gasteiger partial charge in [-0.25, -0.2) is 4.98 Å². The second-order valence-corrected chi connectivity index (χ2v) is 2.10. The molecule has 0 saturated carbocycles. The molecule has 0 aliphatic carbocycles. The van der Waals surface area contributed by atoms with Crippen molar-refractivity contribution in [2.75, 3.05) is 0 Å². The Labute approximate surface area is 204 Å². The van der Waals surface area contributed by atoms with Crippen molar-refractivity contribution in [2.45, 2.75) is 0 Å². The molecule has 0 aliphatic rings. The van der Waals surface area contributed by atoms with Crippen molar-refractivity contribution < 1.29 is 173 Å². The Hall–Kier alpha value is 4.23. The molecular formula is C3H4K3N2O4P. The van der Waals surface area contributed by atoms with E-state index in [0.29, 0.717) is 0 Å². The van der Waals surface area contributed by atoms with Gasteiger partial charge in [0.2, 0.25) is 0 Å². The number of phosphoric acid groups is 1. The van der Waals surface area contributed by atoms with Crippen molar-refractivity contribution in [3.05, 3.63) is 18.7 Å². The second kappa shape index (κ2) is 16.2. The normalized spacial score (nSPS) is 7.62. The van der Waals surface area contributed by atoms with Crippen LogP contribution in [0.25, 0.3) is 0 Å². The summed E-state index contributed by atoms with van der Waals surface area (Å²) in [6.07, 6.45) is 5.08. The molecule has 1 rings (SSSR count). The van der Waals surface area contributed by atoms with E-state index >= 15 is 0 Å². The van der Waals surface area contributed by atoms with Crippen molar-refractivity contribution in [3.63, 3.8) is 0 Å². The second-order valence-electron chi connectivity index (χ2n) is 1.21. The molecule has 1 heterocycles. The number of rotatable bonds is 0. The van der Waals surface area contributed by atoms with Crippen molar-refractivity contribution in [2.24, 2.45) is 0 Å². The molecule has 58 valence electrons. The van der Waals surface area contributed by atoms with Gasteiger partial charge in [-0.1, -0.05) is 0 Å². The number of imidazole rings is 1. The molecule has 1 aromatic heterocycles. The maximum absolute atomic E-state index is 8.55. The molecule has 10 heteroatoms. The third-order valence-corrected chi connectivity index (χ3v) is 0.406. The number of H-pyrrole nitrogens is 1. The number of hydrogen-bond donors (Lipinski definition) is 1. The molecule has 13 heavy (non-hydrogen) atoms. The molecule has 0 spiro atoms. The van der Waals surface area contributed by atoms with Crippen LogP contribution < -0.4 is 169 Å². The molecule has 0 saturated heterocycles. The van der Waals surface area contributed by atoms with E-state index < -0.39 is 7.82 Å². The van der Waals surface area contributed by atoms with Crippen molar-refractivity contribution in [1.29, 1.82) is 0 Å². The predicted molar refractivity (Wildman–Crippen MR) is 26.2 cm³/mol. The summed E-state index contributed by atoms with van der Waals surface area (Å²) in [7, 11) is -5.39. The van der Waals surface area contributed by atoms with Crippen LogP contribution in [0.2, 0.25) is 0 Å². The number of hydrogen-bond acceptors (Lipinski definition) is 5. The Kier molecular flexibility index (Phi) is 32.4. The Morgan fingerprint density at radius 1 is 1.15 bits per heavy atom. The van der Waals surface area contributed by atoms with Crippen molar-refractivity contribution in [3.8, 4) is 0 Å². The van der Waals surface area contributed by atoms with Gasteiger partial charge in [0.25, 0.3) is 0 Å². The van der Waals surface area contributed by atoms with E-state index in [0.717, 1.165) is 0 Å². The summed E-state index contributed by atoms with van der Waals surface area (Å²) >= 11 is 0. The Bertz CT molecular complexity index is 177. The molecule has 0 aromatic carbocycles. The first-order valence-electron chi connectivity index (χ1n) is 2.16. The third-order valence-electron chi connectivity index (χ3n) is 0.406. The molecule has 0 fully saturated rings. The number of nitrogens with zero attached hydrogens (tertiary/aromatic N) is 1. The van der Waals surface area contributed by atoms with Gasteiger partial charge in [-0.05, 0) is 0 Å². The van der Waals surface area contributed by atoms with Crippen LogP contribution in [0.3, 0.4) is 0 Å². The molecule has 6 nitrogen and oxygen atoms in total. The standard InChI is InChI=1S/C3H4N2.3K.H3O4P/c1-2-5-3-4-1;;;;1-5(2,3)4/h1-3H,(H,4,5);;;;(H3,1,2,3,4)/q;3*+1;/p-3. The fraction of sp³-hybridized carbons (Fsp3) is 0. The minimum atomic E-state index is -5.39. The van der Waals surface area contributed by atoms with Crippen LogP contribution in [0.1, 0.15) is 0 Å². The fourth-order valence-corrected chi connectivity index (χ4v) is 0.215. The van der Waals surface area contributed by atoms with Gasteiger partial charge in [0.05, 0.1) is 6.33 Å². The molecule has 0 bridgehead atoms. The minimum Gasteiger partial charge on any atom is -0.822 e. The zero-order valence-corrected chi connectivity index (χ0v) is 18.0. The molecule has 0 aliphatic heterocycles. The van der Waals surface area contributed by atoms with Crippen molar-refractivity contribution >= 4 is 7.82 Å². The van der Waals surface area contributed by atoms with Gasteiger partial charge >= 0.3 is 154 Å². The number of aromatic amines is 1. The maximum atomic E-state index is 8.55. The zero-order chi connectivity index (χ0) is 8.04. The van der Waals surface area contributed by atoms with E-state index in [4.69, 9.17) is 19.2 Å². The summed E-state index contributed by atoms with van der Waals surface area (Å²) in [5, 5.41) is 0. The smallest absolute Gasteiger partial charge is 0.822 e. The Balaban J connectivity index is -0.0000000506. The van der Waals surface area contributed by atoms with Crippen LogP contribution >= 0.6 is 7.82 Å². The van der Waals surface area contributed by atoms with E-state index in [1.54, 1.807) is 18.7 Å². The molecule has 1 N–H and O–H groups in total. The van der Waals surface area contributed by atoms with Crippen LogP contribution in [0, 0.1) is 0 Å². The molecule has 1 aromatic rings. The fourth-order valence-electron chi connectivity index (χ4n) is 0.215. The largest absolute Gasteiger partial charge is 1.00 e. The average molecular weight is 280 g/mol. The summed E-state index contributed by atoms with van der Waals surface area (Å²) in [5.74, 6) is 0. The van der Waals surface area contributed by atoms with Crippen LogP contribution in [-0.2, 0) is 4.57 Å². The number of aromatic nitrogens is 2. The monoisotopic (exact) mass is 280 g/mol. The number of nitrogens with one attached hydrogen (secondary N) is 1. The van der Waals surface area contributed by atoms with Crippen LogP contribution in [0.4, 0.5) is 0 Å². The topological polar surface area (TPSA) is 115 Å². The first-order chi connectivity index (χ1) is 4.50. The summed E-state index contributed by atoms with van der Waals surface area (Å²) in [5.41, 5.74) is 0.